The van der Waals surface area contributed by atoms with E-state index in [9.17, 15) is 4.39 Å². The smallest absolute Gasteiger partial charge is 0.133 e. The standard InChI is InChI=1S/C30H36FNO2/c1-4-6-10-18-33-23(3)11-8-7-9-12-24-13-16-28(29(31)19-24)30-21-25-14-15-27(34-17-5-2)20-26(25)22-32-30/h5,9,12-16,19-23H,2,4,6-8,10-11,17-18H2,1,3H3. The van der Waals surface area contributed by atoms with Gasteiger partial charge in [0.2, 0.25) is 0 Å². The molecule has 0 aliphatic carbocycles. The normalized spacial score (nSPS) is 12.3. The van der Waals surface area contributed by atoms with Crippen LogP contribution in [0.4, 0.5) is 4.39 Å². The molecule has 0 bridgehead atoms. The molecule has 0 saturated heterocycles. The third kappa shape index (κ3) is 7.81. The van der Waals surface area contributed by atoms with Crippen molar-refractivity contribution in [1.82, 2.24) is 4.98 Å². The molecule has 0 radical (unpaired) electrons. The van der Waals surface area contributed by atoms with Crippen LogP contribution in [0.1, 0.15) is 57.9 Å². The number of pyridine rings is 1. The molecule has 0 N–H and O–H groups in total. The molecule has 0 amide bonds. The molecule has 3 nitrogen and oxygen atoms in total. The van der Waals surface area contributed by atoms with Gasteiger partial charge in [-0.05, 0) is 73.9 Å². The fraction of sp³-hybridized carbons (Fsp3) is 0.367. The summed E-state index contributed by atoms with van der Waals surface area (Å²) < 4.78 is 26.3. The van der Waals surface area contributed by atoms with Crippen LogP contribution in [0, 0.1) is 5.82 Å². The van der Waals surface area contributed by atoms with Crippen LogP contribution in [0.3, 0.4) is 0 Å². The summed E-state index contributed by atoms with van der Waals surface area (Å²) in [5.41, 5.74) is 1.98. The zero-order valence-corrected chi connectivity index (χ0v) is 20.4. The van der Waals surface area contributed by atoms with Gasteiger partial charge in [-0.3, -0.25) is 4.98 Å². The molecule has 0 saturated carbocycles. The highest BCUT2D eigenvalue weighted by atomic mass is 19.1. The van der Waals surface area contributed by atoms with Gasteiger partial charge in [-0.25, -0.2) is 4.39 Å². The summed E-state index contributed by atoms with van der Waals surface area (Å²) in [6.07, 6.45) is 14.5. The molecular weight excluding hydrogens is 425 g/mol. The molecule has 0 aliphatic rings. The summed E-state index contributed by atoms with van der Waals surface area (Å²) in [5, 5.41) is 1.94. The molecular formula is C30H36FNO2. The fourth-order valence-electron chi connectivity index (χ4n) is 3.82. The van der Waals surface area contributed by atoms with Crippen LogP contribution in [0.15, 0.2) is 67.4 Å². The molecule has 2 aromatic carbocycles. The Bertz CT molecular complexity index is 1090. The van der Waals surface area contributed by atoms with E-state index < -0.39 is 0 Å². The topological polar surface area (TPSA) is 31.4 Å². The van der Waals surface area contributed by atoms with Crippen molar-refractivity contribution in [3.05, 3.63) is 78.8 Å². The van der Waals surface area contributed by atoms with Gasteiger partial charge in [0.15, 0.2) is 0 Å². The Morgan fingerprint density at radius 2 is 1.94 bits per heavy atom. The number of aromatic nitrogens is 1. The number of halogens is 1. The molecule has 3 rings (SSSR count). The zero-order chi connectivity index (χ0) is 24.2. The van der Waals surface area contributed by atoms with Gasteiger partial charge >= 0.3 is 0 Å². The number of rotatable bonds is 14. The van der Waals surface area contributed by atoms with E-state index in [4.69, 9.17) is 9.47 Å². The predicted octanol–water partition coefficient (Wildman–Crippen LogP) is 8.38. The quantitative estimate of drug-likeness (QED) is 0.178. The molecule has 180 valence electrons. The fourth-order valence-corrected chi connectivity index (χ4v) is 3.82. The molecule has 1 heterocycles. The third-order valence-corrected chi connectivity index (χ3v) is 5.77. The Morgan fingerprint density at radius 3 is 2.74 bits per heavy atom. The van der Waals surface area contributed by atoms with Crippen molar-refractivity contribution in [1.29, 1.82) is 0 Å². The van der Waals surface area contributed by atoms with Gasteiger partial charge in [-0.15, -0.1) is 0 Å². The summed E-state index contributed by atoms with van der Waals surface area (Å²) in [6, 6.07) is 13.0. The van der Waals surface area contributed by atoms with E-state index in [0.717, 1.165) is 54.4 Å². The minimum absolute atomic E-state index is 0.269. The second-order valence-corrected chi connectivity index (χ2v) is 8.64. The first-order valence-corrected chi connectivity index (χ1v) is 12.3. The van der Waals surface area contributed by atoms with Crippen molar-refractivity contribution < 1.29 is 13.9 Å². The number of allylic oxidation sites excluding steroid dienone is 1. The number of hydrogen-bond donors (Lipinski definition) is 0. The number of nitrogens with zero attached hydrogens (tertiary/aromatic N) is 1. The highest BCUT2D eigenvalue weighted by Crippen LogP contribution is 2.27. The Morgan fingerprint density at radius 1 is 1.06 bits per heavy atom. The molecule has 1 atom stereocenters. The van der Waals surface area contributed by atoms with Crippen molar-refractivity contribution >= 4 is 16.8 Å². The van der Waals surface area contributed by atoms with Gasteiger partial charge < -0.3 is 9.47 Å². The van der Waals surface area contributed by atoms with Crippen molar-refractivity contribution in [2.75, 3.05) is 13.2 Å². The van der Waals surface area contributed by atoms with Crippen molar-refractivity contribution in [2.24, 2.45) is 0 Å². The number of unbranched alkanes of at least 4 members (excludes halogenated alkanes) is 3. The monoisotopic (exact) mass is 461 g/mol. The second-order valence-electron chi connectivity index (χ2n) is 8.64. The average molecular weight is 462 g/mol. The SMILES string of the molecule is C=CCOc1ccc2cc(-c3ccc(C=CCCCC(C)OCCCCC)cc3F)ncc2c1. The lowest BCUT2D eigenvalue weighted by Gasteiger charge is -2.12. The van der Waals surface area contributed by atoms with E-state index in [-0.39, 0.29) is 5.82 Å². The van der Waals surface area contributed by atoms with E-state index in [2.05, 4.69) is 31.5 Å². The summed E-state index contributed by atoms with van der Waals surface area (Å²) in [4.78, 5) is 4.48. The second kappa shape index (κ2) is 13.7. The Hall–Kier alpha value is -2.98. The average Bonchev–Trinajstić information content (AvgIpc) is 2.85. The molecule has 3 aromatic rings. The van der Waals surface area contributed by atoms with Gasteiger partial charge in [0.05, 0.1) is 11.8 Å². The predicted molar refractivity (Wildman–Crippen MR) is 141 cm³/mol. The lowest BCUT2D eigenvalue weighted by molar-refractivity contribution is 0.0566. The molecule has 4 heteroatoms. The van der Waals surface area contributed by atoms with E-state index in [1.54, 1.807) is 24.4 Å². The van der Waals surface area contributed by atoms with E-state index >= 15 is 0 Å². The Labute approximate surface area is 203 Å². The Balaban J connectivity index is 1.55. The highest BCUT2D eigenvalue weighted by molar-refractivity contribution is 5.86. The van der Waals surface area contributed by atoms with Crippen LogP contribution in [0.2, 0.25) is 0 Å². The summed E-state index contributed by atoms with van der Waals surface area (Å²) >= 11 is 0. The van der Waals surface area contributed by atoms with Crippen LogP contribution in [0.25, 0.3) is 28.1 Å². The van der Waals surface area contributed by atoms with Crippen molar-refractivity contribution in [3.63, 3.8) is 0 Å². The minimum Gasteiger partial charge on any atom is -0.490 e. The van der Waals surface area contributed by atoms with E-state index in [0.29, 0.717) is 24.0 Å². The first kappa shape index (κ1) is 25.6. The highest BCUT2D eigenvalue weighted by Gasteiger charge is 2.09. The van der Waals surface area contributed by atoms with Gasteiger partial charge in [-0.1, -0.05) is 56.7 Å². The molecule has 0 aliphatic heterocycles. The van der Waals surface area contributed by atoms with E-state index in [1.807, 2.05) is 36.4 Å². The van der Waals surface area contributed by atoms with Gasteiger partial charge in [-0.2, -0.15) is 0 Å². The first-order valence-electron chi connectivity index (χ1n) is 12.3. The molecule has 0 spiro atoms. The molecule has 34 heavy (non-hydrogen) atoms. The Kier molecular flexibility index (Phi) is 10.3. The maximum atomic E-state index is 14.9. The molecule has 1 unspecified atom stereocenters. The number of hydrogen-bond acceptors (Lipinski definition) is 3. The van der Waals surface area contributed by atoms with Crippen LogP contribution in [-0.2, 0) is 4.74 Å². The summed E-state index contributed by atoms with van der Waals surface area (Å²) in [5.74, 6) is 0.493. The van der Waals surface area contributed by atoms with Gasteiger partial charge in [0, 0.05) is 23.8 Å². The third-order valence-electron chi connectivity index (χ3n) is 5.77. The minimum atomic E-state index is -0.269. The van der Waals surface area contributed by atoms with E-state index in [1.165, 1.54) is 12.8 Å². The van der Waals surface area contributed by atoms with Crippen LogP contribution in [0.5, 0.6) is 5.75 Å². The number of ether oxygens (including phenoxy) is 2. The van der Waals surface area contributed by atoms with Crippen molar-refractivity contribution in [2.45, 2.75) is 58.5 Å². The summed E-state index contributed by atoms with van der Waals surface area (Å²) in [6.45, 7) is 9.31. The van der Waals surface area contributed by atoms with Crippen LogP contribution in [-0.4, -0.2) is 24.3 Å². The lowest BCUT2D eigenvalue weighted by atomic mass is 10.0. The molecule has 0 fully saturated rings. The van der Waals surface area contributed by atoms with Gasteiger partial charge in [0.25, 0.3) is 0 Å². The van der Waals surface area contributed by atoms with Crippen LogP contribution < -0.4 is 4.74 Å². The zero-order valence-electron chi connectivity index (χ0n) is 20.4. The maximum absolute atomic E-state index is 14.9. The lowest BCUT2D eigenvalue weighted by Crippen LogP contribution is -2.08. The van der Waals surface area contributed by atoms with Gasteiger partial charge in [0.1, 0.15) is 18.2 Å². The maximum Gasteiger partial charge on any atom is 0.133 e. The first-order chi connectivity index (χ1) is 16.6. The van der Waals surface area contributed by atoms with Crippen molar-refractivity contribution in [3.8, 4) is 17.0 Å². The summed E-state index contributed by atoms with van der Waals surface area (Å²) in [7, 11) is 0. The molecule has 1 aromatic heterocycles. The largest absolute Gasteiger partial charge is 0.490 e. The van der Waals surface area contributed by atoms with Crippen LogP contribution >= 0.6 is 0 Å². The number of benzene rings is 2. The number of fused-ring (bicyclic) bond motifs is 1.